The predicted molar refractivity (Wildman–Crippen MR) is 111 cm³/mol. The van der Waals surface area contributed by atoms with E-state index in [1.165, 1.54) is 0 Å². The Hall–Kier alpha value is -3.59. The van der Waals surface area contributed by atoms with Gasteiger partial charge in [-0.05, 0) is 24.3 Å². The maximum atomic E-state index is 5.84. The summed E-state index contributed by atoms with van der Waals surface area (Å²) in [5, 5.41) is 9.44. The van der Waals surface area contributed by atoms with Crippen molar-refractivity contribution in [1.82, 2.24) is 15.0 Å². The van der Waals surface area contributed by atoms with Crippen LogP contribution in [0.4, 0.5) is 34.5 Å². The molecule has 0 amide bonds. The number of rotatable bonds is 9. The first kappa shape index (κ1) is 19.2. The minimum Gasteiger partial charge on any atom is -0.475 e. The number of methoxy groups -OCH3 is 1. The van der Waals surface area contributed by atoms with Crippen molar-refractivity contribution in [3.63, 3.8) is 0 Å². The van der Waals surface area contributed by atoms with Crippen LogP contribution in [0.2, 0.25) is 0 Å². The summed E-state index contributed by atoms with van der Waals surface area (Å²) in [4.78, 5) is 13.1. The number of hydrogen-bond donors (Lipinski definition) is 4. The highest BCUT2D eigenvalue weighted by Crippen LogP contribution is 2.25. The van der Waals surface area contributed by atoms with Gasteiger partial charge < -0.3 is 31.2 Å². The smallest absolute Gasteiger partial charge is 0.229 e. The normalized spacial score (nSPS) is 10.4. The maximum Gasteiger partial charge on any atom is 0.229 e. The quantitative estimate of drug-likeness (QED) is 0.327. The summed E-state index contributed by atoms with van der Waals surface area (Å²) in [6.07, 6.45) is 3.35. The molecule has 0 aliphatic carbocycles. The van der Waals surface area contributed by atoms with Crippen LogP contribution in [-0.4, -0.2) is 42.3 Å². The number of ether oxygens (including phenoxy) is 2. The first-order chi connectivity index (χ1) is 13.7. The van der Waals surface area contributed by atoms with E-state index in [1.54, 1.807) is 25.6 Å². The van der Waals surface area contributed by atoms with Gasteiger partial charge in [-0.15, -0.1) is 0 Å². The van der Waals surface area contributed by atoms with Crippen molar-refractivity contribution in [3.8, 4) is 5.88 Å². The zero-order valence-electron chi connectivity index (χ0n) is 15.8. The zero-order valence-corrected chi connectivity index (χ0v) is 15.8. The molecule has 0 spiro atoms. The summed E-state index contributed by atoms with van der Waals surface area (Å²) < 4.78 is 10.4. The zero-order chi connectivity index (χ0) is 19.8. The van der Waals surface area contributed by atoms with E-state index >= 15 is 0 Å². The molecule has 1 aromatic carbocycles. The molecular formula is C19H23N7O2. The van der Waals surface area contributed by atoms with E-state index in [-0.39, 0.29) is 0 Å². The van der Waals surface area contributed by atoms with Crippen LogP contribution in [0.5, 0.6) is 5.88 Å². The standard InChI is InChI=1S/C19H23N7O2/c1-21-16-12-23-19(26-18(16)24-14-5-3-4-13(20)10-14)25-15-6-7-17(22-11-15)28-9-8-27-2/h3-7,10-12,21H,8-9,20H2,1-2H3,(H2,23,24,25,26). The van der Waals surface area contributed by atoms with Gasteiger partial charge in [0, 0.05) is 31.6 Å². The summed E-state index contributed by atoms with van der Waals surface area (Å²) in [6, 6.07) is 11.1. The number of nitrogens with one attached hydrogen (secondary N) is 3. The lowest BCUT2D eigenvalue weighted by atomic mass is 10.3. The number of aromatic nitrogens is 3. The van der Waals surface area contributed by atoms with Crippen molar-refractivity contribution < 1.29 is 9.47 Å². The monoisotopic (exact) mass is 381 g/mol. The first-order valence-electron chi connectivity index (χ1n) is 8.70. The van der Waals surface area contributed by atoms with Gasteiger partial charge in [-0.3, -0.25) is 0 Å². The van der Waals surface area contributed by atoms with E-state index in [0.717, 1.165) is 17.1 Å². The van der Waals surface area contributed by atoms with Crippen LogP contribution < -0.4 is 26.4 Å². The Kier molecular flexibility index (Phi) is 6.42. The van der Waals surface area contributed by atoms with E-state index in [9.17, 15) is 0 Å². The number of anilines is 6. The highest BCUT2D eigenvalue weighted by Gasteiger charge is 2.08. The molecule has 0 fully saturated rings. The van der Waals surface area contributed by atoms with Crippen LogP contribution in [0, 0.1) is 0 Å². The number of nitrogens with two attached hydrogens (primary N) is 1. The number of nitrogen functional groups attached to an aromatic ring is 1. The second-order valence-corrected chi connectivity index (χ2v) is 5.81. The topological polar surface area (TPSA) is 119 Å². The lowest BCUT2D eigenvalue weighted by Gasteiger charge is -2.13. The van der Waals surface area contributed by atoms with E-state index in [0.29, 0.717) is 36.5 Å². The van der Waals surface area contributed by atoms with Crippen molar-refractivity contribution in [3.05, 3.63) is 48.8 Å². The lowest BCUT2D eigenvalue weighted by Crippen LogP contribution is -2.06. The first-order valence-corrected chi connectivity index (χ1v) is 8.70. The van der Waals surface area contributed by atoms with Crippen molar-refractivity contribution in [2.75, 3.05) is 49.1 Å². The van der Waals surface area contributed by atoms with Gasteiger partial charge in [0.05, 0.1) is 30.4 Å². The Bertz CT molecular complexity index is 903. The van der Waals surface area contributed by atoms with E-state index in [2.05, 4.69) is 30.9 Å². The number of hydrogen-bond acceptors (Lipinski definition) is 9. The molecule has 0 aliphatic heterocycles. The molecule has 0 saturated carbocycles. The molecule has 3 rings (SSSR count). The number of pyridine rings is 1. The molecule has 0 atom stereocenters. The fourth-order valence-corrected chi connectivity index (χ4v) is 2.37. The van der Waals surface area contributed by atoms with Crippen molar-refractivity contribution in [1.29, 1.82) is 0 Å². The summed E-state index contributed by atoms with van der Waals surface area (Å²) in [5.74, 6) is 1.58. The third kappa shape index (κ3) is 5.21. The Morgan fingerprint density at radius 3 is 2.61 bits per heavy atom. The van der Waals surface area contributed by atoms with Gasteiger partial charge in [-0.2, -0.15) is 4.98 Å². The molecule has 0 aliphatic rings. The Labute approximate surface area is 163 Å². The Balaban J connectivity index is 1.72. The minimum absolute atomic E-state index is 0.431. The van der Waals surface area contributed by atoms with E-state index in [1.807, 2.05) is 37.4 Å². The highest BCUT2D eigenvalue weighted by atomic mass is 16.5. The largest absolute Gasteiger partial charge is 0.475 e. The molecule has 28 heavy (non-hydrogen) atoms. The molecule has 0 bridgehead atoms. The SMILES string of the molecule is CNc1cnc(Nc2ccc(OCCOC)nc2)nc1Nc1cccc(N)c1. The fraction of sp³-hybridized carbons (Fsp3) is 0.211. The molecule has 0 radical (unpaired) electrons. The summed E-state index contributed by atoms with van der Waals surface area (Å²) in [6.45, 7) is 0.958. The average Bonchev–Trinajstić information content (AvgIpc) is 2.70. The van der Waals surface area contributed by atoms with Crippen LogP contribution in [0.15, 0.2) is 48.8 Å². The Morgan fingerprint density at radius 2 is 1.89 bits per heavy atom. The third-order valence-electron chi connectivity index (χ3n) is 3.74. The molecule has 9 heteroatoms. The van der Waals surface area contributed by atoms with Gasteiger partial charge in [0.25, 0.3) is 0 Å². The second-order valence-electron chi connectivity index (χ2n) is 5.81. The maximum absolute atomic E-state index is 5.84. The predicted octanol–water partition coefficient (Wildman–Crippen LogP) is 3.01. The molecule has 146 valence electrons. The average molecular weight is 381 g/mol. The molecule has 2 heterocycles. The number of benzene rings is 1. The summed E-state index contributed by atoms with van der Waals surface area (Å²) in [5.41, 5.74) is 8.84. The molecule has 3 aromatic rings. The van der Waals surface area contributed by atoms with E-state index < -0.39 is 0 Å². The van der Waals surface area contributed by atoms with Crippen molar-refractivity contribution in [2.45, 2.75) is 0 Å². The molecular weight excluding hydrogens is 358 g/mol. The molecule has 0 unspecified atom stereocenters. The summed E-state index contributed by atoms with van der Waals surface area (Å²) in [7, 11) is 3.43. The van der Waals surface area contributed by atoms with E-state index in [4.69, 9.17) is 15.2 Å². The van der Waals surface area contributed by atoms with Crippen LogP contribution in [0.25, 0.3) is 0 Å². The van der Waals surface area contributed by atoms with Gasteiger partial charge in [-0.25, -0.2) is 9.97 Å². The molecule has 5 N–H and O–H groups in total. The van der Waals surface area contributed by atoms with Crippen molar-refractivity contribution in [2.24, 2.45) is 0 Å². The molecule has 9 nitrogen and oxygen atoms in total. The minimum atomic E-state index is 0.431. The van der Waals surface area contributed by atoms with Gasteiger partial charge in [0.1, 0.15) is 6.61 Å². The Morgan fingerprint density at radius 1 is 1.00 bits per heavy atom. The second kappa shape index (κ2) is 9.38. The van der Waals surface area contributed by atoms with Gasteiger partial charge in [0.15, 0.2) is 5.82 Å². The van der Waals surface area contributed by atoms with Gasteiger partial charge >= 0.3 is 0 Å². The van der Waals surface area contributed by atoms with Crippen molar-refractivity contribution >= 4 is 34.5 Å². The lowest BCUT2D eigenvalue weighted by molar-refractivity contribution is 0.144. The van der Waals surface area contributed by atoms with Gasteiger partial charge in [-0.1, -0.05) is 6.07 Å². The van der Waals surface area contributed by atoms with Crippen LogP contribution >= 0.6 is 0 Å². The van der Waals surface area contributed by atoms with Crippen LogP contribution in [-0.2, 0) is 4.74 Å². The highest BCUT2D eigenvalue weighted by molar-refractivity contribution is 5.72. The molecule has 2 aromatic heterocycles. The fourth-order valence-electron chi connectivity index (χ4n) is 2.37. The van der Waals surface area contributed by atoms with Crippen LogP contribution in [0.1, 0.15) is 0 Å². The molecule has 0 saturated heterocycles. The third-order valence-corrected chi connectivity index (χ3v) is 3.74. The number of nitrogens with zero attached hydrogens (tertiary/aromatic N) is 3. The van der Waals surface area contributed by atoms with Gasteiger partial charge in [0.2, 0.25) is 11.8 Å². The van der Waals surface area contributed by atoms with Crippen LogP contribution in [0.3, 0.4) is 0 Å². The summed E-state index contributed by atoms with van der Waals surface area (Å²) >= 11 is 0.